The van der Waals surface area contributed by atoms with Crippen molar-refractivity contribution in [3.8, 4) is 5.88 Å². The minimum atomic E-state index is 0.657. The van der Waals surface area contributed by atoms with Gasteiger partial charge in [0, 0.05) is 6.07 Å². The molecule has 0 aromatic carbocycles. The molecule has 0 spiro atoms. The summed E-state index contributed by atoms with van der Waals surface area (Å²) in [6, 6.07) is 2.02. The van der Waals surface area contributed by atoms with Crippen molar-refractivity contribution in [1.29, 1.82) is 0 Å². The van der Waals surface area contributed by atoms with Gasteiger partial charge in [-0.25, -0.2) is 0 Å². The summed E-state index contributed by atoms with van der Waals surface area (Å²) >= 11 is 0. The Balaban J connectivity index is 1.89. The highest BCUT2D eigenvalue weighted by atomic mass is 16.5. The predicted octanol–water partition coefficient (Wildman–Crippen LogP) is 1.73. The summed E-state index contributed by atoms with van der Waals surface area (Å²) in [5, 5.41) is 11.6. The van der Waals surface area contributed by atoms with Crippen molar-refractivity contribution in [2.45, 2.75) is 33.1 Å². The molecular formula is C13H21N3O. The molecule has 0 aliphatic carbocycles. The van der Waals surface area contributed by atoms with Gasteiger partial charge >= 0.3 is 0 Å². The van der Waals surface area contributed by atoms with Gasteiger partial charge in [-0.15, -0.1) is 5.10 Å². The Bertz CT molecular complexity index is 362. The number of ether oxygens (including phenoxy) is 1. The van der Waals surface area contributed by atoms with Crippen LogP contribution in [0.15, 0.2) is 6.07 Å². The number of nitrogens with zero attached hydrogens (tertiary/aromatic N) is 2. The van der Waals surface area contributed by atoms with Crippen LogP contribution in [-0.2, 0) is 6.42 Å². The van der Waals surface area contributed by atoms with Crippen molar-refractivity contribution in [2.24, 2.45) is 5.92 Å². The molecular weight excluding hydrogens is 214 g/mol. The van der Waals surface area contributed by atoms with E-state index in [2.05, 4.69) is 22.4 Å². The molecule has 1 aliphatic heterocycles. The first-order valence-corrected chi connectivity index (χ1v) is 6.46. The fourth-order valence-electron chi connectivity index (χ4n) is 2.15. The van der Waals surface area contributed by atoms with Gasteiger partial charge in [0.2, 0.25) is 5.88 Å². The standard InChI is InChI=1S/C13H21N3O/c1-3-12-8-13(16-15-10(12)2)17-9-11-4-6-14-7-5-11/h8,11,14H,3-7,9H2,1-2H3. The molecule has 0 saturated carbocycles. The van der Waals surface area contributed by atoms with Crippen molar-refractivity contribution < 1.29 is 4.74 Å². The van der Waals surface area contributed by atoms with Crippen molar-refractivity contribution >= 4 is 0 Å². The smallest absolute Gasteiger partial charge is 0.233 e. The second kappa shape index (κ2) is 5.96. The van der Waals surface area contributed by atoms with Crippen LogP contribution < -0.4 is 10.1 Å². The molecule has 1 aromatic rings. The first kappa shape index (κ1) is 12.3. The Hall–Kier alpha value is -1.16. The molecule has 2 rings (SSSR count). The maximum atomic E-state index is 5.74. The molecule has 0 radical (unpaired) electrons. The van der Waals surface area contributed by atoms with Crippen LogP contribution in [0.25, 0.3) is 0 Å². The molecule has 0 atom stereocenters. The number of rotatable bonds is 4. The largest absolute Gasteiger partial charge is 0.476 e. The van der Waals surface area contributed by atoms with E-state index < -0.39 is 0 Å². The van der Waals surface area contributed by atoms with Crippen LogP contribution in [0.2, 0.25) is 0 Å². The zero-order chi connectivity index (χ0) is 12.1. The molecule has 1 aromatic heterocycles. The molecule has 1 saturated heterocycles. The van der Waals surface area contributed by atoms with E-state index in [4.69, 9.17) is 4.74 Å². The number of piperidine rings is 1. The van der Waals surface area contributed by atoms with Crippen molar-refractivity contribution in [1.82, 2.24) is 15.5 Å². The molecule has 4 heteroatoms. The number of hydrogen-bond donors (Lipinski definition) is 1. The van der Waals surface area contributed by atoms with Crippen LogP contribution in [0.3, 0.4) is 0 Å². The van der Waals surface area contributed by atoms with Gasteiger partial charge in [-0.2, -0.15) is 5.10 Å². The minimum Gasteiger partial charge on any atom is -0.476 e. The maximum Gasteiger partial charge on any atom is 0.233 e. The average molecular weight is 235 g/mol. The van der Waals surface area contributed by atoms with Crippen molar-refractivity contribution in [3.63, 3.8) is 0 Å². The highest BCUT2D eigenvalue weighted by Crippen LogP contribution is 2.16. The third kappa shape index (κ3) is 3.40. The number of hydrogen-bond acceptors (Lipinski definition) is 4. The predicted molar refractivity (Wildman–Crippen MR) is 67.2 cm³/mol. The first-order chi connectivity index (χ1) is 8.29. The molecule has 94 valence electrons. The van der Waals surface area contributed by atoms with Crippen molar-refractivity contribution in [2.75, 3.05) is 19.7 Å². The lowest BCUT2D eigenvalue weighted by Gasteiger charge is -2.22. The van der Waals surface area contributed by atoms with Gasteiger partial charge in [-0.3, -0.25) is 0 Å². The molecule has 0 amide bonds. The van der Waals surface area contributed by atoms with E-state index in [0.29, 0.717) is 11.8 Å². The van der Waals surface area contributed by atoms with E-state index in [9.17, 15) is 0 Å². The quantitative estimate of drug-likeness (QED) is 0.863. The Morgan fingerprint density at radius 2 is 2.12 bits per heavy atom. The molecule has 4 nitrogen and oxygen atoms in total. The van der Waals surface area contributed by atoms with Gasteiger partial charge in [0.1, 0.15) is 0 Å². The second-order valence-corrected chi connectivity index (χ2v) is 4.65. The highest BCUT2D eigenvalue weighted by molar-refractivity contribution is 5.23. The average Bonchev–Trinajstić information content (AvgIpc) is 2.39. The van der Waals surface area contributed by atoms with Crippen LogP contribution in [-0.4, -0.2) is 29.9 Å². The fourth-order valence-corrected chi connectivity index (χ4v) is 2.15. The van der Waals surface area contributed by atoms with Crippen LogP contribution >= 0.6 is 0 Å². The van der Waals surface area contributed by atoms with E-state index in [1.165, 1.54) is 18.4 Å². The van der Waals surface area contributed by atoms with Crippen LogP contribution in [0, 0.1) is 12.8 Å². The van der Waals surface area contributed by atoms with Crippen molar-refractivity contribution in [3.05, 3.63) is 17.3 Å². The van der Waals surface area contributed by atoms with E-state index in [1.54, 1.807) is 0 Å². The van der Waals surface area contributed by atoms with Gasteiger partial charge in [-0.1, -0.05) is 6.92 Å². The summed E-state index contributed by atoms with van der Waals surface area (Å²) < 4.78 is 5.74. The Morgan fingerprint density at radius 3 is 2.82 bits per heavy atom. The maximum absolute atomic E-state index is 5.74. The van der Waals surface area contributed by atoms with E-state index in [1.807, 2.05) is 13.0 Å². The SMILES string of the molecule is CCc1cc(OCC2CCNCC2)nnc1C. The number of aromatic nitrogens is 2. The topological polar surface area (TPSA) is 47.0 Å². The zero-order valence-electron chi connectivity index (χ0n) is 10.7. The van der Waals surface area contributed by atoms with E-state index in [-0.39, 0.29) is 0 Å². The summed E-state index contributed by atoms with van der Waals surface area (Å²) in [6.07, 6.45) is 3.37. The second-order valence-electron chi connectivity index (χ2n) is 4.65. The lowest BCUT2D eigenvalue weighted by atomic mass is 9.99. The molecule has 1 aliphatic rings. The summed E-state index contributed by atoms with van der Waals surface area (Å²) in [6.45, 7) is 7.09. The fraction of sp³-hybridized carbons (Fsp3) is 0.692. The normalized spacial score (nSPS) is 17.1. The molecule has 17 heavy (non-hydrogen) atoms. The monoisotopic (exact) mass is 235 g/mol. The molecule has 1 N–H and O–H groups in total. The van der Waals surface area contributed by atoms with Crippen LogP contribution in [0.1, 0.15) is 31.0 Å². The van der Waals surface area contributed by atoms with Gasteiger partial charge in [-0.05, 0) is 50.8 Å². The molecule has 2 heterocycles. The Kier molecular flexibility index (Phi) is 4.31. The van der Waals surface area contributed by atoms with Gasteiger partial charge in [0.15, 0.2) is 0 Å². The van der Waals surface area contributed by atoms with Gasteiger partial charge in [0.05, 0.1) is 12.3 Å². The van der Waals surface area contributed by atoms with Crippen LogP contribution in [0.5, 0.6) is 5.88 Å². The molecule has 0 bridgehead atoms. The molecule has 1 fully saturated rings. The summed E-state index contributed by atoms with van der Waals surface area (Å²) in [5.41, 5.74) is 2.22. The van der Waals surface area contributed by atoms with E-state index >= 15 is 0 Å². The number of nitrogens with one attached hydrogen (secondary N) is 1. The third-order valence-corrected chi connectivity index (χ3v) is 3.37. The summed E-state index contributed by atoms with van der Waals surface area (Å²) in [4.78, 5) is 0. The third-order valence-electron chi connectivity index (χ3n) is 3.37. The van der Waals surface area contributed by atoms with Gasteiger partial charge in [0.25, 0.3) is 0 Å². The van der Waals surface area contributed by atoms with Gasteiger partial charge < -0.3 is 10.1 Å². The number of aryl methyl sites for hydroxylation is 2. The summed E-state index contributed by atoms with van der Waals surface area (Å²) in [7, 11) is 0. The van der Waals surface area contributed by atoms with Crippen LogP contribution in [0.4, 0.5) is 0 Å². The highest BCUT2D eigenvalue weighted by Gasteiger charge is 2.14. The lowest BCUT2D eigenvalue weighted by molar-refractivity contribution is 0.207. The molecule has 0 unspecified atom stereocenters. The lowest BCUT2D eigenvalue weighted by Crippen LogP contribution is -2.30. The first-order valence-electron chi connectivity index (χ1n) is 6.46. The minimum absolute atomic E-state index is 0.657. The Morgan fingerprint density at radius 1 is 1.35 bits per heavy atom. The van der Waals surface area contributed by atoms with E-state index in [0.717, 1.165) is 31.8 Å². The summed E-state index contributed by atoms with van der Waals surface area (Å²) in [5.74, 6) is 1.33. The Labute approximate surface area is 103 Å². The zero-order valence-corrected chi connectivity index (χ0v) is 10.7.